The van der Waals surface area contributed by atoms with Gasteiger partial charge in [0.15, 0.2) is 5.15 Å². The van der Waals surface area contributed by atoms with Gasteiger partial charge in [0, 0.05) is 23.5 Å². The lowest BCUT2D eigenvalue weighted by Gasteiger charge is -2.26. The van der Waals surface area contributed by atoms with Crippen LogP contribution in [0, 0.1) is 11.8 Å². The van der Waals surface area contributed by atoms with Crippen LogP contribution in [0.25, 0.3) is 15.9 Å². The van der Waals surface area contributed by atoms with Gasteiger partial charge < -0.3 is 9.84 Å². The third-order valence-electron chi connectivity index (χ3n) is 7.09. The molecular formula is C27H29Cl2N3O3. The maximum Gasteiger partial charge on any atom is 0.307 e. The van der Waals surface area contributed by atoms with Crippen LogP contribution in [0.1, 0.15) is 49.5 Å². The number of carbonyl (C=O) groups is 1. The molecule has 1 unspecified atom stereocenters. The number of hydrogen-bond donors (Lipinski definition) is 2. The van der Waals surface area contributed by atoms with Gasteiger partial charge in [-0.1, -0.05) is 43.1 Å². The Hall–Kier alpha value is -2.54. The molecule has 1 aromatic heterocycles. The first-order valence-electron chi connectivity index (χ1n) is 12.1. The second-order valence-corrected chi connectivity index (χ2v) is 10.6. The smallest absolute Gasteiger partial charge is 0.307 e. The number of likely N-dealkylation sites (tertiary alicyclic amines) is 1. The van der Waals surface area contributed by atoms with Crippen molar-refractivity contribution < 1.29 is 14.6 Å². The van der Waals surface area contributed by atoms with Gasteiger partial charge in [0.1, 0.15) is 11.9 Å². The lowest BCUT2D eigenvalue weighted by molar-refractivity contribution is -0.141. The molecule has 0 saturated carbocycles. The van der Waals surface area contributed by atoms with Gasteiger partial charge in [0.05, 0.1) is 11.4 Å². The van der Waals surface area contributed by atoms with Crippen molar-refractivity contribution in [1.82, 2.24) is 15.1 Å². The Balaban J connectivity index is 1.34. The van der Waals surface area contributed by atoms with Crippen LogP contribution in [-0.2, 0) is 11.2 Å². The number of nitrogens with one attached hydrogen (secondary N) is 1. The maximum atomic E-state index is 11.3. The third kappa shape index (κ3) is 4.92. The topological polar surface area (TPSA) is 78.5 Å². The Morgan fingerprint density at radius 2 is 2.06 bits per heavy atom. The largest absolute Gasteiger partial charge is 0.485 e. The number of ether oxygens (including phenoxy) is 1. The van der Waals surface area contributed by atoms with Gasteiger partial charge >= 0.3 is 5.97 Å². The highest BCUT2D eigenvalue weighted by molar-refractivity contribution is 6.49. The van der Waals surface area contributed by atoms with Crippen LogP contribution in [0.2, 0.25) is 5.15 Å². The maximum absolute atomic E-state index is 11.3. The monoisotopic (exact) mass is 513 g/mol. The molecule has 8 heteroatoms. The summed E-state index contributed by atoms with van der Waals surface area (Å²) in [5.41, 5.74) is 5.36. The van der Waals surface area contributed by atoms with E-state index in [9.17, 15) is 9.90 Å². The summed E-state index contributed by atoms with van der Waals surface area (Å²) in [5.74, 6) is 0.0858. The number of carboxylic acids is 1. The summed E-state index contributed by atoms with van der Waals surface area (Å²) in [7, 11) is 0. The number of hydrogen-bond acceptors (Lipinski definition) is 4. The Kier molecular flexibility index (Phi) is 6.80. The highest BCUT2D eigenvalue weighted by atomic mass is 35.5. The van der Waals surface area contributed by atoms with Crippen molar-refractivity contribution >= 4 is 45.1 Å². The van der Waals surface area contributed by atoms with Crippen LogP contribution >= 0.6 is 23.2 Å². The van der Waals surface area contributed by atoms with Gasteiger partial charge in [-0.15, -0.1) is 0 Å². The van der Waals surface area contributed by atoms with Crippen molar-refractivity contribution in [2.75, 3.05) is 19.6 Å². The minimum atomic E-state index is -0.707. The molecule has 2 aromatic carbocycles. The number of aromatic nitrogens is 2. The van der Waals surface area contributed by atoms with E-state index in [1.165, 1.54) is 11.1 Å². The zero-order valence-electron chi connectivity index (χ0n) is 19.9. The zero-order valence-corrected chi connectivity index (χ0v) is 21.4. The van der Waals surface area contributed by atoms with Gasteiger partial charge in [0.2, 0.25) is 0 Å². The first kappa shape index (κ1) is 24.2. The van der Waals surface area contributed by atoms with Crippen molar-refractivity contribution in [2.24, 2.45) is 11.8 Å². The van der Waals surface area contributed by atoms with Gasteiger partial charge in [-0.2, -0.15) is 5.10 Å². The summed E-state index contributed by atoms with van der Waals surface area (Å²) in [4.78, 5) is 13.5. The number of nitrogens with zero attached hydrogens (tertiary/aromatic N) is 2. The second kappa shape index (κ2) is 9.84. The molecule has 1 aliphatic carbocycles. The van der Waals surface area contributed by atoms with Crippen molar-refractivity contribution in [3.8, 4) is 5.75 Å². The van der Waals surface area contributed by atoms with Crippen molar-refractivity contribution in [3.63, 3.8) is 0 Å². The average Bonchev–Trinajstić information content (AvgIpc) is 3.46. The van der Waals surface area contributed by atoms with E-state index in [4.69, 9.17) is 27.9 Å². The fourth-order valence-electron chi connectivity index (χ4n) is 5.16. The van der Waals surface area contributed by atoms with E-state index in [1.54, 1.807) is 0 Å². The molecule has 2 N–H and O–H groups in total. The van der Waals surface area contributed by atoms with Crippen molar-refractivity contribution in [3.05, 3.63) is 63.8 Å². The SMILES string of the molecule is CC(C)[C@@H](Oc1ccc2c(c1)CCC(CN1CCC(C(=O)O)C1)=C2Cl)c1ccc2[nH]nc(Cl)c2c1. The standard InChI is InChI=1S/C27H29Cl2N3O3/c1-15(2)25(17-5-8-23-22(12-17)26(29)31-30-23)35-20-6-7-21-16(11-20)3-4-18(24(21)28)13-32-10-9-19(14-32)27(33)34/h5-8,11-12,15,19,25H,3-4,9-10,13-14H2,1-2H3,(H,30,31)(H,33,34)/t19?,25-/m1/s1. The van der Waals surface area contributed by atoms with Crippen LogP contribution in [0.3, 0.4) is 0 Å². The molecule has 0 amide bonds. The fourth-order valence-corrected chi connectivity index (χ4v) is 5.70. The highest BCUT2D eigenvalue weighted by Crippen LogP contribution is 2.38. The second-order valence-electron chi connectivity index (χ2n) is 9.90. The van der Waals surface area contributed by atoms with Crippen molar-refractivity contribution in [2.45, 2.75) is 39.2 Å². The number of benzene rings is 2. The molecule has 5 rings (SSSR count). The minimum absolute atomic E-state index is 0.133. The van der Waals surface area contributed by atoms with Crippen molar-refractivity contribution in [1.29, 1.82) is 0 Å². The average molecular weight is 514 g/mol. The molecule has 1 saturated heterocycles. The molecule has 3 aromatic rings. The third-order valence-corrected chi connectivity index (χ3v) is 7.85. The molecule has 2 aliphatic rings. The van der Waals surface area contributed by atoms with Crippen LogP contribution in [0.4, 0.5) is 0 Å². The lowest BCUT2D eigenvalue weighted by atomic mass is 9.91. The van der Waals surface area contributed by atoms with E-state index < -0.39 is 5.97 Å². The number of aliphatic carboxylic acids is 1. The molecule has 2 atom stereocenters. The van der Waals surface area contributed by atoms with Gasteiger partial charge in [0.25, 0.3) is 0 Å². The molecule has 1 fully saturated rings. The highest BCUT2D eigenvalue weighted by Gasteiger charge is 2.29. The Labute approximate surface area is 214 Å². The Morgan fingerprint density at radius 3 is 2.80 bits per heavy atom. The summed E-state index contributed by atoms with van der Waals surface area (Å²) in [6.45, 7) is 6.41. The summed E-state index contributed by atoms with van der Waals surface area (Å²) >= 11 is 13.1. The van der Waals surface area contributed by atoms with Crippen LogP contribution < -0.4 is 4.74 Å². The van der Waals surface area contributed by atoms with Gasteiger partial charge in [-0.3, -0.25) is 14.8 Å². The van der Waals surface area contributed by atoms with Gasteiger partial charge in [-0.25, -0.2) is 0 Å². The van der Waals surface area contributed by atoms with E-state index in [0.29, 0.717) is 18.1 Å². The Morgan fingerprint density at radius 1 is 1.23 bits per heavy atom. The summed E-state index contributed by atoms with van der Waals surface area (Å²) < 4.78 is 6.50. The quantitative estimate of drug-likeness (QED) is 0.387. The molecule has 1 aliphatic heterocycles. The first-order valence-corrected chi connectivity index (χ1v) is 12.8. The molecule has 2 heterocycles. The predicted octanol–water partition coefficient (Wildman–Crippen LogP) is 6.30. The molecule has 6 nitrogen and oxygen atoms in total. The molecule has 0 radical (unpaired) electrons. The van der Waals surface area contributed by atoms with E-state index in [2.05, 4.69) is 41.1 Å². The molecule has 0 bridgehead atoms. The number of H-pyrrole nitrogens is 1. The zero-order chi connectivity index (χ0) is 24.7. The lowest BCUT2D eigenvalue weighted by Crippen LogP contribution is -2.26. The number of fused-ring (bicyclic) bond motifs is 2. The number of carboxylic acid groups (broad SMARTS) is 1. The normalized spacial score (nSPS) is 19.4. The van der Waals surface area contributed by atoms with E-state index in [1.807, 2.05) is 24.3 Å². The fraction of sp³-hybridized carbons (Fsp3) is 0.407. The first-order chi connectivity index (χ1) is 16.8. The molecule has 184 valence electrons. The van der Waals surface area contributed by atoms with Crippen LogP contribution in [-0.4, -0.2) is 45.8 Å². The van der Waals surface area contributed by atoms with E-state index in [-0.39, 0.29) is 17.9 Å². The Bertz CT molecular complexity index is 1300. The van der Waals surface area contributed by atoms with E-state index >= 15 is 0 Å². The number of halogens is 2. The predicted molar refractivity (Wildman–Crippen MR) is 139 cm³/mol. The summed E-state index contributed by atoms with van der Waals surface area (Å²) in [6.07, 6.45) is 2.32. The number of aromatic amines is 1. The number of rotatable bonds is 7. The van der Waals surface area contributed by atoms with E-state index in [0.717, 1.165) is 58.7 Å². The summed E-state index contributed by atoms with van der Waals surface area (Å²) in [6, 6.07) is 12.2. The molecular weight excluding hydrogens is 485 g/mol. The molecule has 0 spiro atoms. The number of aryl methyl sites for hydroxylation is 1. The van der Waals surface area contributed by atoms with Crippen LogP contribution in [0.15, 0.2) is 42.0 Å². The minimum Gasteiger partial charge on any atom is -0.485 e. The van der Waals surface area contributed by atoms with Crippen LogP contribution in [0.5, 0.6) is 5.75 Å². The van der Waals surface area contributed by atoms with Gasteiger partial charge in [-0.05, 0) is 84.3 Å². The molecule has 35 heavy (non-hydrogen) atoms. The summed E-state index contributed by atoms with van der Waals surface area (Å²) in [5, 5.41) is 18.4.